The fourth-order valence-electron chi connectivity index (χ4n) is 5.62. The third kappa shape index (κ3) is 5.45. The van der Waals surface area contributed by atoms with Gasteiger partial charge in [-0.1, -0.05) is 70.2 Å². The zero-order valence-corrected chi connectivity index (χ0v) is 17.9. The highest BCUT2D eigenvalue weighted by molar-refractivity contribution is 5.61. The molecule has 0 nitrogen and oxygen atoms in total. The molecular formula is C26H38F2. The predicted molar refractivity (Wildman–Crippen MR) is 115 cm³/mol. The van der Waals surface area contributed by atoms with Gasteiger partial charge in [-0.25, -0.2) is 8.78 Å². The zero-order valence-electron chi connectivity index (χ0n) is 17.9. The van der Waals surface area contributed by atoms with E-state index in [1.54, 1.807) is 12.1 Å². The minimum Gasteiger partial charge on any atom is -0.208 e. The molecule has 2 aliphatic carbocycles. The lowest BCUT2D eigenvalue weighted by Crippen LogP contribution is -2.26. The number of hydrogen-bond donors (Lipinski definition) is 0. The highest BCUT2D eigenvalue weighted by atomic mass is 19.2. The summed E-state index contributed by atoms with van der Waals surface area (Å²) in [4.78, 5) is 0. The van der Waals surface area contributed by atoms with Gasteiger partial charge in [0.1, 0.15) is 5.83 Å². The van der Waals surface area contributed by atoms with Crippen molar-refractivity contribution in [1.82, 2.24) is 0 Å². The molecule has 1 aromatic carbocycles. The minimum atomic E-state index is -0.633. The molecule has 2 fully saturated rings. The summed E-state index contributed by atoms with van der Waals surface area (Å²) in [6, 6.07) is 7.33. The van der Waals surface area contributed by atoms with Crippen LogP contribution in [-0.4, -0.2) is 0 Å². The molecule has 0 aliphatic heterocycles. The molecule has 156 valence electrons. The summed E-state index contributed by atoms with van der Waals surface area (Å²) in [5.74, 6) is 1.15. The molecule has 0 saturated heterocycles. The third-order valence-corrected chi connectivity index (χ3v) is 7.34. The first-order chi connectivity index (χ1) is 13.6. The van der Waals surface area contributed by atoms with E-state index in [-0.39, 0.29) is 5.92 Å². The average Bonchev–Trinajstić information content (AvgIpc) is 2.74. The van der Waals surface area contributed by atoms with Crippen LogP contribution in [0.2, 0.25) is 0 Å². The quantitative estimate of drug-likeness (QED) is 0.438. The van der Waals surface area contributed by atoms with Crippen molar-refractivity contribution in [3.63, 3.8) is 0 Å². The van der Waals surface area contributed by atoms with Gasteiger partial charge in [0.15, 0.2) is 5.83 Å². The first kappa shape index (κ1) is 21.5. The lowest BCUT2D eigenvalue weighted by molar-refractivity contribution is 0.145. The third-order valence-electron chi connectivity index (χ3n) is 7.34. The molecular weight excluding hydrogens is 350 g/mol. The van der Waals surface area contributed by atoms with Crippen molar-refractivity contribution in [3.05, 3.63) is 41.2 Å². The van der Waals surface area contributed by atoms with Crippen molar-refractivity contribution < 1.29 is 8.78 Å². The Hall–Kier alpha value is -1.18. The van der Waals surface area contributed by atoms with Crippen molar-refractivity contribution in [1.29, 1.82) is 0 Å². The van der Waals surface area contributed by atoms with Crippen LogP contribution in [0.15, 0.2) is 30.1 Å². The van der Waals surface area contributed by atoms with Crippen LogP contribution in [0.25, 0.3) is 5.83 Å². The number of halogens is 2. The molecule has 0 atom stereocenters. The molecule has 2 saturated carbocycles. The Morgan fingerprint density at radius 2 is 1.36 bits per heavy atom. The predicted octanol–water partition coefficient (Wildman–Crippen LogP) is 8.66. The van der Waals surface area contributed by atoms with Crippen molar-refractivity contribution in [2.75, 3.05) is 0 Å². The van der Waals surface area contributed by atoms with E-state index in [1.807, 2.05) is 12.1 Å². The summed E-state index contributed by atoms with van der Waals surface area (Å²) in [6.07, 6.45) is 14.0. The van der Waals surface area contributed by atoms with E-state index in [2.05, 4.69) is 13.8 Å². The van der Waals surface area contributed by atoms with Gasteiger partial charge < -0.3 is 0 Å². The smallest absolute Gasteiger partial charge is 0.162 e. The molecule has 1 aromatic rings. The molecule has 0 spiro atoms. The van der Waals surface area contributed by atoms with Gasteiger partial charge in [0, 0.05) is 11.5 Å². The van der Waals surface area contributed by atoms with Crippen molar-refractivity contribution >= 4 is 5.83 Å². The maximum absolute atomic E-state index is 14.8. The van der Waals surface area contributed by atoms with Gasteiger partial charge >= 0.3 is 0 Å². The molecule has 0 amide bonds. The largest absolute Gasteiger partial charge is 0.208 e. The van der Waals surface area contributed by atoms with Crippen LogP contribution in [0.5, 0.6) is 0 Å². The molecule has 28 heavy (non-hydrogen) atoms. The topological polar surface area (TPSA) is 0 Å². The lowest BCUT2D eigenvalue weighted by Gasteiger charge is -2.37. The maximum atomic E-state index is 14.8. The molecule has 3 rings (SSSR count). The number of hydrogen-bond acceptors (Lipinski definition) is 0. The minimum absolute atomic E-state index is 0.219. The summed E-state index contributed by atoms with van der Waals surface area (Å²) >= 11 is 0. The molecule has 0 radical (unpaired) electrons. The van der Waals surface area contributed by atoms with E-state index in [9.17, 15) is 8.78 Å². The lowest BCUT2D eigenvalue weighted by atomic mass is 9.68. The van der Waals surface area contributed by atoms with Crippen LogP contribution in [0, 0.1) is 23.7 Å². The number of aryl methyl sites for hydroxylation is 1. The fourth-order valence-corrected chi connectivity index (χ4v) is 5.62. The Bertz CT molecular complexity index is 614. The Kier molecular flexibility index (Phi) is 8.11. The van der Waals surface area contributed by atoms with Gasteiger partial charge in [-0.3, -0.25) is 0 Å². The molecule has 0 heterocycles. The number of allylic oxidation sites excluding steroid dienone is 1. The maximum Gasteiger partial charge on any atom is 0.162 e. The second-order valence-electron chi connectivity index (χ2n) is 9.29. The van der Waals surface area contributed by atoms with Gasteiger partial charge in [-0.15, -0.1) is 0 Å². The molecule has 2 aliphatic rings. The Labute approximate surface area is 170 Å². The van der Waals surface area contributed by atoms with Crippen LogP contribution in [0.3, 0.4) is 0 Å². The van der Waals surface area contributed by atoms with Gasteiger partial charge in [-0.05, 0) is 68.3 Å². The molecule has 0 N–H and O–H groups in total. The summed E-state index contributed by atoms with van der Waals surface area (Å²) in [5.41, 5.74) is 1.59. The molecule has 0 aromatic heterocycles. The Balaban J connectivity index is 1.53. The fraction of sp³-hybridized carbons (Fsp3) is 0.692. The number of benzene rings is 1. The Morgan fingerprint density at radius 1 is 0.786 bits per heavy atom. The van der Waals surface area contributed by atoms with Gasteiger partial charge in [-0.2, -0.15) is 0 Å². The second-order valence-corrected chi connectivity index (χ2v) is 9.29. The van der Waals surface area contributed by atoms with Crippen molar-refractivity contribution in [2.45, 2.75) is 90.9 Å². The molecule has 2 heteroatoms. The first-order valence-corrected chi connectivity index (χ1v) is 11.8. The van der Waals surface area contributed by atoms with E-state index in [4.69, 9.17) is 0 Å². The summed E-state index contributed by atoms with van der Waals surface area (Å²) in [6.45, 7) is 4.41. The standard InChI is InChI=1S/C26H38F2/c1-3-5-19-7-11-21(12-8-19)22-15-17-24(18-16-22)26(28)25(27)23-13-9-20(6-4-2)10-14-23/h9-10,13-14,19,21-22,24H,3-8,11-12,15-18H2,1-2H3/b26-25+/t19-,21-,22?,24?. The first-order valence-electron chi connectivity index (χ1n) is 11.8. The van der Waals surface area contributed by atoms with Crippen LogP contribution in [-0.2, 0) is 6.42 Å². The van der Waals surface area contributed by atoms with E-state index in [0.717, 1.165) is 56.3 Å². The van der Waals surface area contributed by atoms with Crippen LogP contribution in [0.4, 0.5) is 8.78 Å². The van der Waals surface area contributed by atoms with Crippen LogP contribution < -0.4 is 0 Å². The average molecular weight is 389 g/mol. The highest BCUT2D eigenvalue weighted by Gasteiger charge is 2.32. The van der Waals surface area contributed by atoms with E-state index < -0.39 is 11.7 Å². The monoisotopic (exact) mass is 388 g/mol. The van der Waals surface area contributed by atoms with Gasteiger partial charge in [0.2, 0.25) is 0 Å². The van der Waals surface area contributed by atoms with E-state index in [1.165, 1.54) is 44.1 Å². The van der Waals surface area contributed by atoms with Crippen molar-refractivity contribution in [3.8, 4) is 0 Å². The van der Waals surface area contributed by atoms with Crippen molar-refractivity contribution in [2.24, 2.45) is 23.7 Å². The van der Waals surface area contributed by atoms with E-state index in [0.29, 0.717) is 5.56 Å². The molecule has 0 bridgehead atoms. The number of rotatable bonds is 7. The summed E-state index contributed by atoms with van der Waals surface area (Å²) in [5, 5.41) is 0. The summed E-state index contributed by atoms with van der Waals surface area (Å²) in [7, 11) is 0. The van der Waals surface area contributed by atoms with E-state index >= 15 is 0 Å². The zero-order chi connectivity index (χ0) is 19.9. The highest BCUT2D eigenvalue weighted by Crippen LogP contribution is 2.44. The Morgan fingerprint density at radius 3 is 1.89 bits per heavy atom. The molecule has 0 unspecified atom stereocenters. The van der Waals surface area contributed by atoms with Crippen LogP contribution in [0.1, 0.15) is 95.6 Å². The second kappa shape index (κ2) is 10.6. The van der Waals surface area contributed by atoms with Gasteiger partial charge in [0.05, 0.1) is 0 Å². The van der Waals surface area contributed by atoms with Gasteiger partial charge in [0.25, 0.3) is 0 Å². The SMILES string of the molecule is CCCc1ccc(/C(F)=C(\F)C2CCC([C@H]3CC[C@H](CCC)CC3)CC2)cc1. The van der Waals surface area contributed by atoms with Crippen LogP contribution >= 0.6 is 0 Å². The summed E-state index contributed by atoms with van der Waals surface area (Å²) < 4.78 is 29.5. The normalized spacial score (nSPS) is 29.4.